The van der Waals surface area contributed by atoms with Gasteiger partial charge in [-0.05, 0) is 38.5 Å². The van der Waals surface area contributed by atoms with E-state index in [-0.39, 0.29) is 18.3 Å². The van der Waals surface area contributed by atoms with Gasteiger partial charge in [0.2, 0.25) is 11.6 Å². The van der Waals surface area contributed by atoms with Gasteiger partial charge >= 0.3 is 0 Å². The number of fused-ring (bicyclic) bond motifs is 1. The molecule has 3 aromatic rings. The highest BCUT2D eigenvalue weighted by Gasteiger charge is 2.17. The molecule has 0 saturated heterocycles. The number of hydrogen-bond donors (Lipinski definition) is 1. The number of amides is 1. The molecular formula is C18H18FN3O3. The van der Waals surface area contributed by atoms with E-state index in [9.17, 15) is 9.18 Å². The van der Waals surface area contributed by atoms with Gasteiger partial charge in [0.1, 0.15) is 22.8 Å². The summed E-state index contributed by atoms with van der Waals surface area (Å²) in [5.41, 5.74) is 2.14. The summed E-state index contributed by atoms with van der Waals surface area (Å²) < 4.78 is 24.0. The van der Waals surface area contributed by atoms with Crippen molar-refractivity contribution >= 4 is 17.0 Å². The Hall–Kier alpha value is -2.96. The van der Waals surface area contributed by atoms with Crippen LogP contribution in [-0.2, 0) is 11.3 Å². The summed E-state index contributed by atoms with van der Waals surface area (Å²) in [4.78, 5) is 20.5. The topological polar surface area (TPSA) is 77.2 Å². The number of nitrogens with one attached hydrogen (secondary N) is 1. The van der Waals surface area contributed by atoms with Crippen molar-refractivity contribution in [2.24, 2.45) is 0 Å². The number of halogens is 1. The highest BCUT2D eigenvalue weighted by Crippen LogP contribution is 2.30. The first-order valence-electron chi connectivity index (χ1n) is 7.82. The second-order valence-corrected chi connectivity index (χ2v) is 5.73. The van der Waals surface area contributed by atoms with Crippen LogP contribution >= 0.6 is 0 Å². The molecule has 0 aliphatic carbocycles. The Balaban J connectivity index is 1.66. The molecule has 0 saturated carbocycles. The highest BCUT2D eigenvalue weighted by molar-refractivity contribution is 5.84. The molecule has 0 atom stereocenters. The molecule has 25 heavy (non-hydrogen) atoms. The molecule has 2 heterocycles. The van der Waals surface area contributed by atoms with Crippen LogP contribution in [0.15, 0.2) is 28.7 Å². The van der Waals surface area contributed by atoms with Gasteiger partial charge in [-0.1, -0.05) is 12.1 Å². The number of carbonyl (C=O) groups is 1. The predicted molar refractivity (Wildman–Crippen MR) is 89.8 cm³/mol. The van der Waals surface area contributed by atoms with Crippen molar-refractivity contribution in [3.05, 3.63) is 52.8 Å². The van der Waals surface area contributed by atoms with Crippen molar-refractivity contribution in [1.29, 1.82) is 0 Å². The first-order chi connectivity index (χ1) is 11.9. The summed E-state index contributed by atoms with van der Waals surface area (Å²) in [6.45, 7) is 5.57. The van der Waals surface area contributed by atoms with Crippen LogP contribution < -0.4 is 10.1 Å². The van der Waals surface area contributed by atoms with Gasteiger partial charge in [0.25, 0.3) is 5.91 Å². The monoisotopic (exact) mass is 343 g/mol. The molecule has 0 aliphatic heterocycles. The third kappa shape index (κ3) is 3.76. The van der Waals surface area contributed by atoms with Crippen LogP contribution in [0.5, 0.6) is 5.88 Å². The second kappa shape index (κ2) is 6.88. The predicted octanol–water partition coefficient (Wildman–Crippen LogP) is 2.98. The van der Waals surface area contributed by atoms with E-state index in [1.54, 1.807) is 19.1 Å². The number of aromatic nitrogens is 2. The molecular weight excluding hydrogens is 325 g/mol. The van der Waals surface area contributed by atoms with Gasteiger partial charge in [-0.3, -0.25) is 4.79 Å². The fourth-order valence-corrected chi connectivity index (χ4v) is 2.41. The first kappa shape index (κ1) is 16.9. The SMILES string of the molecule is Cc1nc(OCC(=O)NCc2ccc(F)cc2)c2c(C)c(C)oc2n1. The van der Waals surface area contributed by atoms with Gasteiger partial charge in [0, 0.05) is 12.1 Å². The van der Waals surface area contributed by atoms with Crippen LogP contribution in [0.1, 0.15) is 22.7 Å². The van der Waals surface area contributed by atoms with E-state index in [1.807, 2.05) is 13.8 Å². The van der Waals surface area contributed by atoms with Gasteiger partial charge in [0.15, 0.2) is 6.61 Å². The molecule has 0 unspecified atom stereocenters. The summed E-state index contributed by atoms with van der Waals surface area (Å²) in [6.07, 6.45) is 0. The maximum Gasteiger partial charge on any atom is 0.258 e. The molecule has 1 N–H and O–H groups in total. The summed E-state index contributed by atoms with van der Waals surface area (Å²) in [5, 5.41) is 3.39. The molecule has 0 fully saturated rings. The number of nitrogens with zero attached hydrogens (tertiary/aromatic N) is 2. The Labute approximate surface area is 144 Å². The van der Waals surface area contributed by atoms with Gasteiger partial charge in [-0.15, -0.1) is 0 Å². The van der Waals surface area contributed by atoms with Crippen LogP contribution in [0.2, 0.25) is 0 Å². The van der Waals surface area contributed by atoms with Gasteiger partial charge in [-0.2, -0.15) is 9.97 Å². The molecule has 1 amide bonds. The van der Waals surface area contributed by atoms with E-state index in [4.69, 9.17) is 9.15 Å². The molecule has 2 aromatic heterocycles. The zero-order valence-electron chi connectivity index (χ0n) is 14.2. The lowest BCUT2D eigenvalue weighted by Crippen LogP contribution is -2.28. The number of benzene rings is 1. The van der Waals surface area contributed by atoms with Crippen molar-refractivity contribution in [1.82, 2.24) is 15.3 Å². The van der Waals surface area contributed by atoms with E-state index < -0.39 is 0 Å². The minimum Gasteiger partial charge on any atom is -0.467 e. The average molecular weight is 343 g/mol. The Kier molecular flexibility index (Phi) is 4.65. The molecule has 7 heteroatoms. The molecule has 0 aliphatic rings. The van der Waals surface area contributed by atoms with E-state index in [1.165, 1.54) is 12.1 Å². The van der Waals surface area contributed by atoms with E-state index in [0.29, 0.717) is 29.3 Å². The average Bonchev–Trinajstić information content (AvgIpc) is 2.86. The fraction of sp³-hybridized carbons (Fsp3) is 0.278. The molecule has 130 valence electrons. The summed E-state index contributed by atoms with van der Waals surface area (Å²) in [5.74, 6) is 0.955. The van der Waals surface area contributed by atoms with Crippen LogP contribution in [0.4, 0.5) is 4.39 Å². The lowest BCUT2D eigenvalue weighted by atomic mass is 10.2. The molecule has 0 bridgehead atoms. The Bertz CT molecular complexity index is 919. The third-order valence-electron chi connectivity index (χ3n) is 3.85. The minimum atomic E-state index is -0.313. The molecule has 0 spiro atoms. The van der Waals surface area contributed by atoms with Crippen molar-refractivity contribution in [3.63, 3.8) is 0 Å². The number of furan rings is 1. The number of carbonyl (C=O) groups excluding carboxylic acids is 1. The summed E-state index contributed by atoms with van der Waals surface area (Å²) in [6, 6.07) is 5.93. The third-order valence-corrected chi connectivity index (χ3v) is 3.85. The van der Waals surface area contributed by atoms with Crippen molar-refractivity contribution in [3.8, 4) is 5.88 Å². The quantitative estimate of drug-likeness (QED) is 0.771. The van der Waals surface area contributed by atoms with Crippen LogP contribution in [0.25, 0.3) is 11.1 Å². The lowest BCUT2D eigenvalue weighted by molar-refractivity contribution is -0.123. The second-order valence-electron chi connectivity index (χ2n) is 5.73. The van der Waals surface area contributed by atoms with Gasteiger partial charge in [0.05, 0.1) is 0 Å². The highest BCUT2D eigenvalue weighted by atomic mass is 19.1. The zero-order valence-corrected chi connectivity index (χ0v) is 14.2. The standard InChI is InChI=1S/C18H18FN3O3/c1-10-11(2)25-18-16(10)17(21-12(3)22-18)24-9-15(23)20-8-13-4-6-14(19)7-5-13/h4-7H,8-9H2,1-3H3,(H,20,23). The number of rotatable bonds is 5. The van der Waals surface area contributed by atoms with E-state index in [2.05, 4.69) is 15.3 Å². The lowest BCUT2D eigenvalue weighted by Gasteiger charge is -2.08. The molecule has 6 nitrogen and oxygen atoms in total. The molecule has 0 radical (unpaired) electrons. The van der Waals surface area contributed by atoms with Crippen LogP contribution in [0, 0.1) is 26.6 Å². The van der Waals surface area contributed by atoms with Crippen LogP contribution in [0.3, 0.4) is 0 Å². The number of aryl methyl sites for hydroxylation is 3. The van der Waals surface area contributed by atoms with Crippen molar-refractivity contribution in [2.75, 3.05) is 6.61 Å². The van der Waals surface area contributed by atoms with Crippen molar-refractivity contribution < 1.29 is 18.3 Å². The zero-order chi connectivity index (χ0) is 18.0. The fourth-order valence-electron chi connectivity index (χ4n) is 2.41. The first-order valence-corrected chi connectivity index (χ1v) is 7.82. The Morgan fingerprint density at radius 1 is 1.20 bits per heavy atom. The normalized spacial score (nSPS) is 10.9. The van der Waals surface area contributed by atoms with Gasteiger partial charge in [-0.25, -0.2) is 4.39 Å². The van der Waals surface area contributed by atoms with E-state index in [0.717, 1.165) is 16.9 Å². The Morgan fingerprint density at radius 3 is 2.64 bits per heavy atom. The molecule has 1 aromatic carbocycles. The summed E-state index contributed by atoms with van der Waals surface area (Å²) >= 11 is 0. The minimum absolute atomic E-state index is 0.184. The number of ether oxygens (including phenoxy) is 1. The number of hydrogen-bond acceptors (Lipinski definition) is 5. The smallest absolute Gasteiger partial charge is 0.258 e. The Morgan fingerprint density at radius 2 is 1.92 bits per heavy atom. The largest absolute Gasteiger partial charge is 0.467 e. The van der Waals surface area contributed by atoms with Gasteiger partial charge < -0.3 is 14.5 Å². The maximum atomic E-state index is 12.9. The van der Waals surface area contributed by atoms with Crippen molar-refractivity contribution in [2.45, 2.75) is 27.3 Å². The molecule has 3 rings (SSSR count). The summed E-state index contributed by atoms with van der Waals surface area (Å²) in [7, 11) is 0. The van der Waals surface area contributed by atoms with Crippen LogP contribution in [-0.4, -0.2) is 22.5 Å². The van der Waals surface area contributed by atoms with E-state index >= 15 is 0 Å². The maximum absolute atomic E-state index is 12.9.